The van der Waals surface area contributed by atoms with Crippen LogP contribution < -0.4 is 0 Å². The molecule has 0 bridgehead atoms. The molecule has 0 aliphatic heterocycles. The first-order valence-electron chi connectivity index (χ1n) is 7.35. The molecule has 6 nitrogen and oxygen atoms in total. The lowest BCUT2D eigenvalue weighted by Gasteiger charge is -2.01. The Morgan fingerprint density at radius 2 is 1.54 bits per heavy atom. The summed E-state index contributed by atoms with van der Waals surface area (Å²) in [4.78, 5) is -0.109. The number of tetrazole rings is 1. The van der Waals surface area contributed by atoms with Gasteiger partial charge in [-0.3, -0.25) is 0 Å². The molecule has 0 unspecified atom stereocenters. The van der Waals surface area contributed by atoms with Crippen LogP contribution in [0.5, 0.6) is 0 Å². The number of halogens is 1. The van der Waals surface area contributed by atoms with Crippen LogP contribution in [0.4, 0.5) is 4.39 Å². The molecule has 1 aromatic heterocycles. The standard InChI is InChI=1S/C14H11FN4O2S.C2H6/c1-10-2-4-11(5-3-10)14-16-18-19(17-14)22(20,21)13-8-6-12(15)7-9-13;1-2/h2-9H,1H3;1-2H3. The van der Waals surface area contributed by atoms with Crippen molar-refractivity contribution in [2.75, 3.05) is 0 Å². The third kappa shape index (κ3) is 3.65. The zero-order chi connectivity index (χ0) is 17.7. The van der Waals surface area contributed by atoms with Crippen LogP contribution in [0.3, 0.4) is 0 Å². The highest BCUT2D eigenvalue weighted by Gasteiger charge is 2.21. The summed E-state index contributed by atoms with van der Waals surface area (Å²) in [5, 5.41) is 11.2. The summed E-state index contributed by atoms with van der Waals surface area (Å²) in [6.07, 6.45) is 0. The fourth-order valence-electron chi connectivity index (χ4n) is 1.82. The Morgan fingerprint density at radius 3 is 2.12 bits per heavy atom. The summed E-state index contributed by atoms with van der Waals surface area (Å²) in [7, 11) is -3.99. The molecule has 3 rings (SSSR count). The van der Waals surface area contributed by atoms with Gasteiger partial charge in [-0.2, -0.15) is 8.42 Å². The summed E-state index contributed by atoms with van der Waals surface area (Å²) in [6, 6.07) is 11.7. The molecule has 126 valence electrons. The van der Waals surface area contributed by atoms with E-state index in [1.165, 1.54) is 0 Å². The van der Waals surface area contributed by atoms with Crippen LogP contribution >= 0.6 is 0 Å². The average Bonchev–Trinajstić information content (AvgIpc) is 3.09. The number of hydrogen-bond donors (Lipinski definition) is 0. The van der Waals surface area contributed by atoms with Crippen molar-refractivity contribution in [3.05, 3.63) is 59.9 Å². The fraction of sp³-hybridized carbons (Fsp3) is 0.188. The van der Waals surface area contributed by atoms with E-state index in [-0.39, 0.29) is 10.7 Å². The molecule has 0 aliphatic rings. The van der Waals surface area contributed by atoms with Crippen molar-refractivity contribution in [2.24, 2.45) is 0 Å². The van der Waals surface area contributed by atoms with Gasteiger partial charge < -0.3 is 0 Å². The van der Waals surface area contributed by atoms with Gasteiger partial charge in [-0.15, -0.1) is 10.2 Å². The van der Waals surface area contributed by atoms with Crippen molar-refractivity contribution in [2.45, 2.75) is 25.7 Å². The average molecular weight is 348 g/mol. The summed E-state index contributed by atoms with van der Waals surface area (Å²) in [5.74, 6) is -0.323. The monoisotopic (exact) mass is 348 g/mol. The molecule has 0 spiro atoms. The molecule has 0 radical (unpaired) electrons. The predicted octanol–water partition coefficient (Wildman–Crippen LogP) is 3.05. The lowest BCUT2D eigenvalue weighted by Crippen LogP contribution is -2.16. The molecule has 3 aromatic rings. The van der Waals surface area contributed by atoms with Gasteiger partial charge in [0.25, 0.3) is 0 Å². The summed E-state index contributed by atoms with van der Waals surface area (Å²) in [6.45, 7) is 5.94. The lowest BCUT2D eigenvalue weighted by atomic mass is 10.1. The highest BCUT2D eigenvalue weighted by molar-refractivity contribution is 7.89. The third-order valence-corrected chi connectivity index (χ3v) is 4.49. The number of nitrogens with zero attached hydrogens (tertiary/aromatic N) is 4. The predicted molar refractivity (Wildman–Crippen MR) is 88.3 cm³/mol. The molecule has 24 heavy (non-hydrogen) atoms. The number of hydrogen-bond acceptors (Lipinski definition) is 5. The van der Waals surface area contributed by atoms with Gasteiger partial charge in [0.1, 0.15) is 5.82 Å². The van der Waals surface area contributed by atoms with E-state index in [1.807, 2.05) is 32.9 Å². The molecule has 8 heteroatoms. The minimum atomic E-state index is -3.99. The minimum Gasteiger partial charge on any atom is -0.207 e. The number of aromatic nitrogens is 4. The number of rotatable bonds is 3. The van der Waals surface area contributed by atoms with Gasteiger partial charge >= 0.3 is 10.0 Å². The summed E-state index contributed by atoms with van der Waals surface area (Å²) >= 11 is 0. The SMILES string of the molecule is CC.Cc1ccc(-c2nnn(S(=O)(=O)c3ccc(F)cc3)n2)cc1. The molecule has 0 aliphatic carbocycles. The highest BCUT2D eigenvalue weighted by atomic mass is 32.2. The topological polar surface area (TPSA) is 77.7 Å². The van der Waals surface area contributed by atoms with Crippen molar-refractivity contribution >= 4 is 10.0 Å². The third-order valence-electron chi connectivity index (χ3n) is 3.03. The zero-order valence-corrected chi connectivity index (χ0v) is 14.3. The number of aryl methyl sites for hydroxylation is 1. The van der Waals surface area contributed by atoms with Crippen molar-refractivity contribution in [1.82, 2.24) is 19.6 Å². The van der Waals surface area contributed by atoms with Crippen molar-refractivity contribution < 1.29 is 12.8 Å². The molecule has 0 fully saturated rings. The Kier molecular flexibility index (Phi) is 5.40. The van der Waals surface area contributed by atoms with Crippen LogP contribution in [0, 0.1) is 12.7 Å². The first-order valence-corrected chi connectivity index (χ1v) is 8.79. The Morgan fingerprint density at radius 1 is 0.958 bits per heavy atom. The Bertz CT molecular complexity index is 904. The van der Waals surface area contributed by atoms with E-state index in [0.717, 1.165) is 29.8 Å². The smallest absolute Gasteiger partial charge is 0.207 e. The fourth-order valence-corrected chi connectivity index (χ4v) is 2.81. The maximum Gasteiger partial charge on any atom is 0.300 e. The summed E-state index contributed by atoms with van der Waals surface area (Å²) in [5.41, 5.74) is 1.72. The van der Waals surface area contributed by atoms with Crippen molar-refractivity contribution in [3.63, 3.8) is 0 Å². The number of benzene rings is 2. The van der Waals surface area contributed by atoms with Gasteiger partial charge in [-0.05, 0) is 40.6 Å². The lowest BCUT2D eigenvalue weighted by molar-refractivity contribution is 0.565. The van der Waals surface area contributed by atoms with E-state index in [1.54, 1.807) is 12.1 Å². The normalized spacial score (nSPS) is 10.8. The van der Waals surface area contributed by atoms with E-state index in [9.17, 15) is 12.8 Å². The van der Waals surface area contributed by atoms with E-state index in [4.69, 9.17) is 0 Å². The molecule has 0 N–H and O–H groups in total. The second-order valence-corrected chi connectivity index (χ2v) is 6.41. The molecular formula is C16H17FN4O2S. The van der Waals surface area contributed by atoms with Crippen molar-refractivity contribution in [1.29, 1.82) is 0 Å². The molecule has 0 amide bonds. The van der Waals surface area contributed by atoms with Crippen LogP contribution in [0.25, 0.3) is 11.4 Å². The highest BCUT2D eigenvalue weighted by Crippen LogP contribution is 2.17. The largest absolute Gasteiger partial charge is 0.300 e. The Labute approximate surface area is 140 Å². The van der Waals surface area contributed by atoms with Gasteiger partial charge in [0.2, 0.25) is 5.82 Å². The van der Waals surface area contributed by atoms with Crippen LogP contribution in [0.1, 0.15) is 19.4 Å². The first kappa shape index (κ1) is 17.7. The van der Waals surface area contributed by atoms with Gasteiger partial charge in [0.05, 0.1) is 4.90 Å². The van der Waals surface area contributed by atoms with Gasteiger partial charge in [0, 0.05) is 5.56 Å². The quantitative estimate of drug-likeness (QED) is 0.727. The molecule has 2 aromatic carbocycles. The maximum absolute atomic E-state index is 12.9. The molecule has 1 heterocycles. The second kappa shape index (κ2) is 7.31. The van der Waals surface area contributed by atoms with Crippen LogP contribution in [0.15, 0.2) is 53.4 Å². The molecule has 0 atom stereocenters. The van der Waals surface area contributed by atoms with Crippen LogP contribution in [0.2, 0.25) is 0 Å². The van der Waals surface area contributed by atoms with Gasteiger partial charge in [0.15, 0.2) is 0 Å². The minimum absolute atomic E-state index is 0.109. The van der Waals surface area contributed by atoms with Gasteiger partial charge in [-0.25, -0.2) is 4.39 Å². The summed E-state index contributed by atoms with van der Waals surface area (Å²) < 4.78 is 38.1. The Hall–Kier alpha value is -2.61. The van der Waals surface area contributed by atoms with E-state index < -0.39 is 15.8 Å². The second-order valence-electron chi connectivity index (χ2n) is 4.66. The van der Waals surface area contributed by atoms with Crippen molar-refractivity contribution in [3.8, 4) is 11.4 Å². The first-order chi connectivity index (χ1) is 11.5. The Balaban J connectivity index is 0.00000100. The molecule has 0 saturated heterocycles. The van der Waals surface area contributed by atoms with E-state index in [2.05, 4.69) is 15.4 Å². The molecule has 0 saturated carbocycles. The van der Waals surface area contributed by atoms with E-state index >= 15 is 0 Å². The zero-order valence-electron chi connectivity index (χ0n) is 13.5. The van der Waals surface area contributed by atoms with Crippen LogP contribution in [-0.2, 0) is 10.0 Å². The maximum atomic E-state index is 12.9. The van der Waals surface area contributed by atoms with Gasteiger partial charge in [-0.1, -0.05) is 43.7 Å². The van der Waals surface area contributed by atoms with E-state index in [0.29, 0.717) is 9.77 Å². The molecular weight excluding hydrogens is 331 g/mol. The van der Waals surface area contributed by atoms with Crippen LogP contribution in [-0.4, -0.2) is 28.0 Å².